The number of amides is 1. The number of rotatable bonds is 6. The van der Waals surface area contributed by atoms with Gasteiger partial charge in [-0.25, -0.2) is 13.4 Å². The number of aromatic nitrogens is 2. The molecule has 8 heteroatoms. The molecule has 164 valence electrons. The number of anilines is 1. The van der Waals surface area contributed by atoms with E-state index in [9.17, 15) is 13.2 Å². The van der Waals surface area contributed by atoms with Crippen LogP contribution < -0.4 is 4.90 Å². The molecule has 0 aliphatic carbocycles. The number of carbonyl (C=O) groups excluding carboxylic acids is 1. The van der Waals surface area contributed by atoms with Crippen LogP contribution in [0.15, 0.2) is 71.9 Å². The van der Waals surface area contributed by atoms with Gasteiger partial charge in [-0.05, 0) is 41.3 Å². The summed E-state index contributed by atoms with van der Waals surface area (Å²) in [7, 11) is -3.59. The maximum absolute atomic E-state index is 13.7. The Labute approximate surface area is 191 Å². The first-order valence-electron chi connectivity index (χ1n) is 10.1. The van der Waals surface area contributed by atoms with Crippen molar-refractivity contribution in [2.24, 2.45) is 0 Å². The summed E-state index contributed by atoms with van der Waals surface area (Å²) in [6, 6.07) is 16.0. The molecule has 0 atom stereocenters. The number of hydrogen-bond acceptors (Lipinski definition) is 6. The fraction of sp³-hybridized carbons (Fsp3) is 0.208. The maximum atomic E-state index is 13.7. The molecule has 2 heterocycles. The van der Waals surface area contributed by atoms with Crippen molar-refractivity contribution in [3.8, 4) is 0 Å². The molecule has 2 aromatic heterocycles. The molecule has 0 N–H and O–H groups in total. The molecule has 0 radical (unpaired) electrons. The third-order valence-corrected chi connectivity index (χ3v) is 7.32. The van der Waals surface area contributed by atoms with Gasteiger partial charge in [-0.3, -0.25) is 14.7 Å². The number of hydrogen-bond donors (Lipinski definition) is 0. The lowest BCUT2D eigenvalue weighted by molar-refractivity contribution is 0.0982. The Morgan fingerprint density at radius 2 is 1.84 bits per heavy atom. The molecule has 0 unspecified atom stereocenters. The van der Waals surface area contributed by atoms with Crippen molar-refractivity contribution in [1.82, 2.24) is 9.97 Å². The van der Waals surface area contributed by atoms with E-state index in [0.717, 1.165) is 27.6 Å². The van der Waals surface area contributed by atoms with Crippen LogP contribution in [0.1, 0.15) is 41.3 Å². The van der Waals surface area contributed by atoms with Gasteiger partial charge in [0.05, 0.1) is 27.2 Å². The summed E-state index contributed by atoms with van der Waals surface area (Å²) in [5, 5.41) is 0.519. The number of carbonyl (C=O) groups is 1. The van der Waals surface area contributed by atoms with E-state index < -0.39 is 15.7 Å². The van der Waals surface area contributed by atoms with Crippen molar-refractivity contribution in [2.75, 3.05) is 11.2 Å². The first-order chi connectivity index (χ1) is 15.3. The number of para-hydroxylation sites is 1. The Hall–Kier alpha value is -3.10. The van der Waals surface area contributed by atoms with Crippen molar-refractivity contribution >= 4 is 42.4 Å². The summed E-state index contributed by atoms with van der Waals surface area (Å²) in [5.74, 6) is -0.137. The highest BCUT2D eigenvalue weighted by Gasteiger charge is 2.27. The molecule has 0 spiro atoms. The van der Waals surface area contributed by atoms with Crippen LogP contribution in [-0.4, -0.2) is 30.5 Å². The SMILES string of the molecule is CC(C)c1cccc2sc(N(Cc3cccnc3)C(=O)c3ccccc3S(C)(=O)=O)nc12. The van der Waals surface area contributed by atoms with Crippen LogP contribution in [0.3, 0.4) is 0 Å². The van der Waals surface area contributed by atoms with Crippen molar-refractivity contribution in [3.05, 3.63) is 83.7 Å². The van der Waals surface area contributed by atoms with Crippen molar-refractivity contribution < 1.29 is 13.2 Å². The number of benzene rings is 2. The van der Waals surface area contributed by atoms with Gasteiger partial charge in [0.2, 0.25) is 0 Å². The molecule has 0 aliphatic heterocycles. The maximum Gasteiger partial charge on any atom is 0.261 e. The van der Waals surface area contributed by atoms with E-state index in [4.69, 9.17) is 4.98 Å². The average Bonchev–Trinajstić information content (AvgIpc) is 3.21. The monoisotopic (exact) mass is 465 g/mol. The number of thiazole rings is 1. The minimum Gasteiger partial charge on any atom is -0.279 e. The smallest absolute Gasteiger partial charge is 0.261 e. The Morgan fingerprint density at radius 3 is 2.53 bits per heavy atom. The number of pyridine rings is 1. The second kappa shape index (κ2) is 8.80. The minimum absolute atomic E-state index is 0.00478. The number of sulfone groups is 1. The van der Waals surface area contributed by atoms with Crippen LogP contribution in [0, 0.1) is 0 Å². The number of fused-ring (bicyclic) bond motifs is 1. The van der Waals surface area contributed by atoms with E-state index in [0.29, 0.717) is 5.13 Å². The summed E-state index contributed by atoms with van der Waals surface area (Å²) in [4.78, 5) is 24.2. The average molecular weight is 466 g/mol. The van der Waals surface area contributed by atoms with Crippen LogP contribution in [0.2, 0.25) is 0 Å². The van der Waals surface area contributed by atoms with Gasteiger partial charge in [0.1, 0.15) is 0 Å². The van der Waals surface area contributed by atoms with E-state index in [-0.39, 0.29) is 22.9 Å². The van der Waals surface area contributed by atoms with Crippen LogP contribution in [-0.2, 0) is 16.4 Å². The minimum atomic E-state index is -3.59. The summed E-state index contributed by atoms with van der Waals surface area (Å²) in [6.45, 7) is 4.44. The van der Waals surface area contributed by atoms with Crippen molar-refractivity contribution in [1.29, 1.82) is 0 Å². The predicted octanol–water partition coefficient (Wildman–Crippen LogP) is 5.07. The molecular weight excluding hydrogens is 442 g/mol. The third kappa shape index (κ3) is 4.42. The summed E-state index contributed by atoms with van der Waals surface area (Å²) in [6.07, 6.45) is 4.47. The Kier molecular flexibility index (Phi) is 6.08. The summed E-state index contributed by atoms with van der Waals surface area (Å²) < 4.78 is 25.7. The number of nitrogens with zero attached hydrogens (tertiary/aromatic N) is 3. The van der Waals surface area contributed by atoms with Gasteiger partial charge in [0, 0.05) is 18.6 Å². The molecule has 6 nitrogen and oxygen atoms in total. The van der Waals surface area contributed by atoms with Crippen LogP contribution in [0.4, 0.5) is 5.13 Å². The first-order valence-corrected chi connectivity index (χ1v) is 12.9. The standard InChI is InChI=1S/C24H23N3O3S2/c1-16(2)18-10-6-11-20-22(18)26-24(31-20)27(15-17-8-7-13-25-14-17)23(28)19-9-4-5-12-21(19)32(3,29)30/h4-14,16H,15H2,1-3H3. The van der Waals surface area contributed by atoms with Gasteiger partial charge >= 0.3 is 0 Å². The third-order valence-electron chi connectivity index (χ3n) is 5.12. The fourth-order valence-corrected chi connectivity index (χ4v) is 5.43. The first kappa shape index (κ1) is 22.1. The topological polar surface area (TPSA) is 80.2 Å². The molecule has 0 aliphatic rings. The molecular formula is C24H23N3O3S2. The van der Waals surface area contributed by atoms with E-state index >= 15 is 0 Å². The van der Waals surface area contributed by atoms with Gasteiger partial charge in [-0.15, -0.1) is 0 Å². The zero-order chi connectivity index (χ0) is 22.9. The summed E-state index contributed by atoms with van der Waals surface area (Å²) in [5.41, 5.74) is 2.92. The van der Waals surface area contributed by atoms with Crippen LogP contribution in [0.25, 0.3) is 10.2 Å². The van der Waals surface area contributed by atoms with E-state index in [1.807, 2.05) is 24.3 Å². The highest BCUT2D eigenvalue weighted by molar-refractivity contribution is 7.90. The van der Waals surface area contributed by atoms with Crippen LogP contribution >= 0.6 is 11.3 Å². The van der Waals surface area contributed by atoms with E-state index in [2.05, 4.69) is 18.8 Å². The molecule has 2 aromatic carbocycles. The van der Waals surface area contributed by atoms with Crippen molar-refractivity contribution in [3.63, 3.8) is 0 Å². The molecule has 4 rings (SSSR count). The molecule has 0 bridgehead atoms. The van der Waals surface area contributed by atoms with Gasteiger partial charge in [0.15, 0.2) is 15.0 Å². The highest BCUT2D eigenvalue weighted by atomic mass is 32.2. The second-order valence-corrected chi connectivity index (χ2v) is 10.9. The normalized spacial score (nSPS) is 11.8. The van der Waals surface area contributed by atoms with Gasteiger partial charge in [0.25, 0.3) is 5.91 Å². The molecule has 4 aromatic rings. The zero-order valence-electron chi connectivity index (χ0n) is 18.0. The lowest BCUT2D eigenvalue weighted by atomic mass is 10.0. The second-order valence-electron chi connectivity index (χ2n) is 7.87. The lowest BCUT2D eigenvalue weighted by Crippen LogP contribution is -2.31. The lowest BCUT2D eigenvalue weighted by Gasteiger charge is -2.21. The Bertz CT molecular complexity index is 1380. The fourth-order valence-electron chi connectivity index (χ4n) is 3.55. The van der Waals surface area contributed by atoms with Gasteiger partial charge in [-0.1, -0.05) is 55.5 Å². The van der Waals surface area contributed by atoms with Crippen LogP contribution in [0.5, 0.6) is 0 Å². The largest absolute Gasteiger partial charge is 0.279 e. The highest BCUT2D eigenvalue weighted by Crippen LogP contribution is 2.35. The predicted molar refractivity (Wildman–Crippen MR) is 128 cm³/mol. The zero-order valence-corrected chi connectivity index (χ0v) is 19.7. The quantitative estimate of drug-likeness (QED) is 0.397. The molecule has 1 amide bonds. The van der Waals surface area contributed by atoms with E-state index in [1.54, 1.807) is 36.7 Å². The Morgan fingerprint density at radius 1 is 1.06 bits per heavy atom. The molecule has 32 heavy (non-hydrogen) atoms. The van der Waals surface area contributed by atoms with Crippen molar-refractivity contribution in [2.45, 2.75) is 31.2 Å². The molecule has 0 fully saturated rings. The van der Waals surface area contributed by atoms with Gasteiger partial charge in [-0.2, -0.15) is 0 Å². The van der Waals surface area contributed by atoms with E-state index in [1.165, 1.54) is 22.3 Å². The molecule has 0 saturated heterocycles. The summed E-state index contributed by atoms with van der Waals surface area (Å²) >= 11 is 1.42. The Balaban J connectivity index is 1.87. The van der Waals surface area contributed by atoms with Gasteiger partial charge < -0.3 is 0 Å². The molecule has 0 saturated carbocycles.